The van der Waals surface area contributed by atoms with Crippen molar-refractivity contribution in [3.05, 3.63) is 28.8 Å². The van der Waals surface area contributed by atoms with E-state index in [1.165, 1.54) is 24.0 Å². The number of hydrogen-bond donors (Lipinski definition) is 1. The number of fused-ring (bicyclic) bond motifs is 3. The van der Waals surface area contributed by atoms with Crippen LogP contribution in [0.3, 0.4) is 0 Å². The van der Waals surface area contributed by atoms with E-state index >= 15 is 0 Å². The van der Waals surface area contributed by atoms with Gasteiger partial charge in [-0.3, -0.25) is 0 Å². The average Bonchev–Trinajstić information content (AvgIpc) is 2.64. The van der Waals surface area contributed by atoms with Crippen LogP contribution < -0.4 is 4.74 Å². The monoisotopic (exact) mass is 258 g/mol. The third-order valence-electron chi connectivity index (χ3n) is 5.05. The van der Waals surface area contributed by atoms with Gasteiger partial charge in [0, 0.05) is 17.0 Å². The molecule has 3 rings (SSSR count). The molecular formula is C17H22O2. The summed E-state index contributed by atoms with van der Waals surface area (Å²) in [5.74, 6) is 1.09. The first-order valence-corrected chi connectivity index (χ1v) is 7.03. The Bertz CT molecular complexity index is 569. The van der Waals surface area contributed by atoms with Gasteiger partial charge in [-0.05, 0) is 29.9 Å². The molecule has 102 valence electrons. The van der Waals surface area contributed by atoms with Crippen molar-refractivity contribution in [2.45, 2.75) is 45.4 Å². The fraction of sp³-hybridized carbons (Fsp3) is 0.529. The van der Waals surface area contributed by atoms with Crippen molar-refractivity contribution in [1.29, 1.82) is 0 Å². The molecular weight excluding hydrogens is 236 g/mol. The molecule has 1 unspecified atom stereocenters. The standard InChI is InChI=1S/C17H22O2/c1-16(2)6-5-7-17(3)13-8-11(19-4)9-14(18)12(13)10-15(16)17/h8-10,18H,5-7H2,1-4H3. The number of benzene rings is 1. The number of aromatic hydroxyl groups is 1. The van der Waals surface area contributed by atoms with E-state index in [-0.39, 0.29) is 10.8 Å². The van der Waals surface area contributed by atoms with Crippen molar-refractivity contribution in [3.63, 3.8) is 0 Å². The lowest BCUT2D eigenvalue weighted by atomic mass is 9.60. The molecule has 19 heavy (non-hydrogen) atoms. The van der Waals surface area contributed by atoms with E-state index < -0.39 is 0 Å². The first kappa shape index (κ1) is 12.6. The van der Waals surface area contributed by atoms with Crippen molar-refractivity contribution in [3.8, 4) is 11.5 Å². The van der Waals surface area contributed by atoms with E-state index in [1.807, 2.05) is 0 Å². The van der Waals surface area contributed by atoms with Crippen LogP contribution >= 0.6 is 0 Å². The van der Waals surface area contributed by atoms with Gasteiger partial charge in [0.25, 0.3) is 0 Å². The molecule has 2 heteroatoms. The van der Waals surface area contributed by atoms with Gasteiger partial charge in [-0.1, -0.05) is 38.8 Å². The molecule has 0 amide bonds. The molecule has 2 aliphatic carbocycles. The SMILES string of the molecule is COc1cc(O)c2c(c1)C1(C)CCCC(C)(C)C1=C2. The van der Waals surface area contributed by atoms with Crippen molar-refractivity contribution in [2.75, 3.05) is 7.11 Å². The van der Waals surface area contributed by atoms with Crippen LogP contribution in [0, 0.1) is 5.41 Å². The lowest BCUT2D eigenvalue weighted by molar-refractivity contribution is 0.265. The first-order valence-electron chi connectivity index (χ1n) is 7.03. The van der Waals surface area contributed by atoms with E-state index in [1.54, 1.807) is 13.2 Å². The number of hydrogen-bond acceptors (Lipinski definition) is 2. The molecule has 1 saturated carbocycles. The summed E-state index contributed by atoms with van der Waals surface area (Å²) in [6.45, 7) is 6.94. The minimum absolute atomic E-state index is 0.0586. The molecule has 1 aromatic rings. The zero-order chi connectivity index (χ0) is 13.8. The van der Waals surface area contributed by atoms with Crippen LogP contribution in [-0.2, 0) is 5.41 Å². The Morgan fingerprint density at radius 1 is 1.16 bits per heavy atom. The molecule has 2 nitrogen and oxygen atoms in total. The van der Waals surface area contributed by atoms with Gasteiger partial charge in [-0.25, -0.2) is 0 Å². The van der Waals surface area contributed by atoms with Crippen molar-refractivity contribution in [2.24, 2.45) is 5.41 Å². The maximum absolute atomic E-state index is 10.3. The first-order chi connectivity index (χ1) is 8.88. The Balaban J connectivity index is 2.22. The minimum Gasteiger partial charge on any atom is -0.507 e. The van der Waals surface area contributed by atoms with Gasteiger partial charge < -0.3 is 9.84 Å². The molecule has 0 radical (unpaired) electrons. The highest BCUT2D eigenvalue weighted by Gasteiger charge is 2.47. The fourth-order valence-corrected chi connectivity index (χ4v) is 4.02. The van der Waals surface area contributed by atoms with E-state index in [0.29, 0.717) is 5.75 Å². The topological polar surface area (TPSA) is 29.5 Å². The molecule has 2 aliphatic rings. The van der Waals surface area contributed by atoms with Crippen molar-refractivity contribution >= 4 is 6.08 Å². The second-order valence-corrected chi connectivity index (χ2v) is 6.74. The second-order valence-electron chi connectivity index (χ2n) is 6.74. The summed E-state index contributed by atoms with van der Waals surface area (Å²) in [6, 6.07) is 3.81. The van der Waals surface area contributed by atoms with Crippen molar-refractivity contribution < 1.29 is 9.84 Å². The van der Waals surface area contributed by atoms with E-state index in [0.717, 1.165) is 17.7 Å². The molecule has 0 spiro atoms. The van der Waals surface area contributed by atoms with Crippen LogP contribution in [0.2, 0.25) is 0 Å². The van der Waals surface area contributed by atoms with Gasteiger partial charge in [-0.15, -0.1) is 0 Å². The molecule has 0 aromatic heterocycles. The van der Waals surface area contributed by atoms with Crippen molar-refractivity contribution in [1.82, 2.24) is 0 Å². The van der Waals surface area contributed by atoms with Crippen LogP contribution in [0.1, 0.15) is 51.2 Å². The van der Waals surface area contributed by atoms with Crippen LogP contribution in [0.15, 0.2) is 17.7 Å². The summed E-state index contributed by atoms with van der Waals surface area (Å²) in [6.07, 6.45) is 5.82. The zero-order valence-electron chi connectivity index (χ0n) is 12.2. The largest absolute Gasteiger partial charge is 0.507 e. The van der Waals surface area contributed by atoms with E-state index in [4.69, 9.17) is 4.74 Å². The Kier molecular flexibility index (Phi) is 2.51. The van der Waals surface area contributed by atoms with Crippen LogP contribution in [0.25, 0.3) is 6.08 Å². The molecule has 1 aromatic carbocycles. The van der Waals surface area contributed by atoms with Gasteiger partial charge in [0.2, 0.25) is 0 Å². The molecule has 1 fully saturated rings. The number of ether oxygens (including phenoxy) is 1. The molecule has 1 N–H and O–H groups in total. The van der Waals surface area contributed by atoms with Gasteiger partial charge in [0.1, 0.15) is 11.5 Å². The molecule has 0 aliphatic heterocycles. The second kappa shape index (κ2) is 3.78. The maximum atomic E-state index is 10.3. The molecule has 0 bridgehead atoms. The number of phenolic OH excluding ortho intramolecular Hbond substituents is 1. The minimum atomic E-state index is 0.0586. The summed E-state index contributed by atoms with van der Waals surface area (Å²) in [5, 5.41) is 10.3. The predicted molar refractivity (Wildman–Crippen MR) is 77.6 cm³/mol. The highest BCUT2D eigenvalue weighted by molar-refractivity contribution is 5.76. The van der Waals surface area contributed by atoms with E-state index in [9.17, 15) is 5.11 Å². The normalized spacial score (nSPS) is 27.5. The van der Waals surface area contributed by atoms with Crippen LogP contribution in [0.5, 0.6) is 11.5 Å². The van der Waals surface area contributed by atoms with Gasteiger partial charge in [0.05, 0.1) is 7.11 Å². The highest BCUT2D eigenvalue weighted by atomic mass is 16.5. The number of phenols is 1. The van der Waals surface area contributed by atoms with Gasteiger partial charge >= 0.3 is 0 Å². The van der Waals surface area contributed by atoms with Crippen LogP contribution in [0.4, 0.5) is 0 Å². The quantitative estimate of drug-likeness (QED) is 0.815. The third kappa shape index (κ3) is 1.62. The lowest BCUT2D eigenvalue weighted by Crippen LogP contribution is -2.35. The number of allylic oxidation sites excluding steroid dienone is 1. The van der Waals surface area contributed by atoms with E-state index in [2.05, 4.69) is 32.9 Å². The van der Waals surface area contributed by atoms with Gasteiger partial charge in [-0.2, -0.15) is 0 Å². The zero-order valence-corrected chi connectivity index (χ0v) is 12.2. The summed E-state index contributed by atoms with van der Waals surface area (Å²) < 4.78 is 5.31. The average molecular weight is 258 g/mol. The van der Waals surface area contributed by atoms with Gasteiger partial charge in [0.15, 0.2) is 0 Å². The summed E-state index contributed by atoms with van der Waals surface area (Å²) in [4.78, 5) is 0. The smallest absolute Gasteiger partial charge is 0.126 e. The maximum Gasteiger partial charge on any atom is 0.126 e. The third-order valence-corrected chi connectivity index (χ3v) is 5.05. The lowest BCUT2D eigenvalue weighted by Gasteiger charge is -2.44. The summed E-state index contributed by atoms with van der Waals surface area (Å²) in [7, 11) is 1.65. The van der Waals surface area contributed by atoms with Crippen LogP contribution in [-0.4, -0.2) is 12.2 Å². The molecule has 0 heterocycles. The predicted octanol–water partition coefficient (Wildman–Crippen LogP) is 4.27. The Labute approximate surface area is 115 Å². The number of rotatable bonds is 1. The Hall–Kier alpha value is -1.44. The molecule has 0 saturated heterocycles. The Morgan fingerprint density at radius 3 is 2.58 bits per heavy atom. The summed E-state index contributed by atoms with van der Waals surface area (Å²) >= 11 is 0. The number of methoxy groups -OCH3 is 1. The molecule has 1 atom stereocenters. The Morgan fingerprint density at radius 2 is 1.89 bits per heavy atom. The summed E-state index contributed by atoms with van der Waals surface area (Å²) in [5.41, 5.74) is 3.96. The fourth-order valence-electron chi connectivity index (χ4n) is 4.02. The highest BCUT2D eigenvalue weighted by Crippen LogP contribution is 2.58.